The Labute approximate surface area is 97.7 Å². The van der Waals surface area contributed by atoms with Gasteiger partial charge in [-0.1, -0.05) is 11.6 Å². The number of nitrogen functional groups attached to an aromatic ring is 1. The summed E-state index contributed by atoms with van der Waals surface area (Å²) in [7, 11) is 0. The first kappa shape index (κ1) is 11.0. The lowest BCUT2D eigenvalue weighted by Gasteiger charge is -2.03. The van der Waals surface area contributed by atoms with Crippen LogP contribution in [0.5, 0.6) is 0 Å². The number of imidazole rings is 1. The van der Waals surface area contributed by atoms with Gasteiger partial charge in [0, 0.05) is 17.1 Å². The summed E-state index contributed by atoms with van der Waals surface area (Å²) in [5.41, 5.74) is 7.03. The van der Waals surface area contributed by atoms with Crippen LogP contribution in [0.25, 0.3) is 11.3 Å². The molecule has 0 saturated heterocycles. The molecule has 0 aliphatic heterocycles. The van der Waals surface area contributed by atoms with Gasteiger partial charge in [-0.3, -0.25) is 0 Å². The molecular formula is C11H11ClFN3. The van der Waals surface area contributed by atoms with Gasteiger partial charge in [-0.25, -0.2) is 9.37 Å². The molecule has 0 aliphatic carbocycles. The zero-order valence-electron chi connectivity index (χ0n) is 8.74. The zero-order valence-corrected chi connectivity index (χ0v) is 9.50. The van der Waals surface area contributed by atoms with Crippen molar-refractivity contribution in [2.45, 2.75) is 13.5 Å². The first-order valence-electron chi connectivity index (χ1n) is 4.89. The lowest BCUT2D eigenvalue weighted by molar-refractivity contribution is 0.628. The van der Waals surface area contributed by atoms with E-state index in [1.807, 2.05) is 6.92 Å². The van der Waals surface area contributed by atoms with Crippen LogP contribution in [-0.4, -0.2) is 9.55 Å². The summed E-state index contributed by atoms with van der Waals surface area (Å²) >= 11 is 5.78. The number of halogens is 2. The molecule has 84 valence electrons. The number of hydrogen-bond acceptors (Lipinski definition) is 2. The van der Waals surface area contributed by atoms with Crippen LogP contribution in [-0.2, 0) is 6.54 Å². The number of nitrogens with zero attached hydrogens (tertiary/aromatic N) is 2. The normalized spacial score (nSPS) is 10.7. The smallest absolute Gasteiger partial charge is 0.131 e. The van der Waals surface area contributed by atoms with E-state index in [1.165, 1.54) is 12.1 Å². The maximum atomic E-state index is 13.2. The van der Waals surface area contributed by atoms with Crippen LogP contribution in [0.15, 0.2) is 24.5 Å². The van der Waals surface area contributed by atoms with E-state index in [4.69, 9.17) is 17.3 Å². The standard InChI is InChI=1S/C11H11ClFN3/c1-2-16-6-15-10(11(16)14)7-3-8(12)5-9(13)4-7/h3-6H,2,14H2,1H3. The van der Waals surface area contributed by atoms with E-state index < -0.39 is 5.82 Å². The largest absolute Gasteiger partial charge is 0.383 e. The lowest BCUT2D eigenvalue weighted by atomic mass is 10.1. The third-order valence-corrected chi connectivity index (χ3v) is 2.57. The number of hydrogen-bond donors (Lipinski definition) is 1. The lowest BCUT2D eigenvalue weighted by Crippen LogP contribution is -1.99. The van der Waals surface area contributed by atoms with Gasteiger partial charge in [-0.05, 0) is 25.1 Å². The molecule has 0 spiro atoms. The van der Waals surface area contributed by atoms with Crippen molar-refractivity contribution in [3.05, 3.63) is 35.4 Å². The molecule has 1 heterocycles. The first-order chi connectivity index (χ1) is 7.61. The van der Waals surface area contributed by atoms with Crippen LogP contribution in [0.3, 0.4) is 0 Å². The predicted molar refractivity (Wildman–Crippen MR) is 62.7 cm³/mol. The van der Waals surface area contributed by atoms with Crippen molar-refractivity contribution in [3.63, 3.8) is 0 Å². The minimum atomic E-state index is -0.395. The van der Waals surface area contributed by atoms with Crippen molar-refractivity contribution < 1.29 is 4.39 Å². The minimum absolute atomic E-state index is 0.334. The second kappa shape index (κ2) is 4.14. The Morgan fingerprint density at radius 2 is 2.19 bits per heavy atom. The van der Waals surface area contributed by atoms with E-state index in [1.54, 1.807) is 17.0 Å². The highest BCUT2D eigenvalue weighted by atomic mass is 35.5. The van der Waals surface area contributed by atoms with Crippen molar-refractivity contribution >= 4 is 17.4 Å². The maximum absolute atomic E-state index is 13.2. The molecule has 0 saturated carbocycles. The molecule has 5 heteroatoms. The molecule has 0 unspecified atom stereocenters. The van der Waals surface area contributed by atoms with E-state index in [0.717, 1.165) is 6.54 Å². The summed E-state index contributed by atoms with van der Waals surface area (Å²) < 4.78 is 15.0. The summed E-state index contributed by atoms with van der Waals surface area (Å²) in [4.78, 5) is 4.15. The highest BCUT2D eigenvalue weighted by Crippen LogP contribution is 2.27. The fourth-order valence-corrected chi connectivity index (χ4v) is 1.78. The average Bonchev–Trinajstić information content (AvgIpc) is 2.58. The van der Waals surface area contributed by atoms with Crippen LogP contribution in [0, 0.1) is 5.82 Å². The molecule has 0 atom stereocenters. The monoisotopic (exact) mass is 239 g/mol. The van der Waals surface area contributed by atoms with Gasteiger partial charge in [0.25, 0.3) is 0 Å². The molecule has 0 bridgehead atoms. The molecule has 0 aliphatic rings. The van der Waals surface area contributed by atoms with Gasteiger partial charge in [0.1, 0.15) is 17.3 Å². The number of aryl methyl sites for hydroxylation is 1. The number of benzene rings is 1. The maximum Gasteiger partial charge on any atom is 0.131 e. The van der Waals surface area contributed by atoms with Crippen LogP contribution in [0.2, 0.25) is 5.02 Å². The molecule has 0 amide bonds. The Morgan fingerprint density at radius 1 is 1.44 bits per heavy atom. The molecule has 2 N–H and O–H groups in total. The first-order valence-corrected chi connectivity index (χ1v) is 5.26. The average molecular weight is 240 g/mol. The highest BCUT2D eigenvalue weighted by Gasteiger charge is 2.10. The van der Waals surface area contributed by atoms with Crippen molar-refractivity contribution in [2.24, 2.45) is 0 Å². The SMILES string of the molecule is CCn1cnc(-c2cc(F)cc(Cl)c2)c1N. The van der Waals surface area contributed by atoms with Crippen LogP contribution in [0.4, 0.5) is 10.2 Å². The predicted octanol–water partition coefficient (Wildman–Crippen LogP) is 2.94. The Hall–Kier alpha value is -1.55. The fraction of sp³-hybridized carbons (Fsp3) is 0.182. The molecular weight excluding hydrogens is 229 g/mol. The molecule has 2 aromatic rings. The van der Waals surface area contributed by atoms with Gasteiger partial charge in [0.05, 0.1) is 6.33 Å². The third kappa shape index (κ3) is 1.88. The summed E-state index contributed by atoms with van der Waals surface area (Å²) in [5, 5.41) is 0.334. The number of nitrogens with two attached hydrogens (primary N) is 1. The van der Waals surface area contributed by atoms with Crippen molar-refractivity contribution in [1.29, 1.82) is 0 Å². The number of rotatable bonds is 2. The minimum Gasteiger partial charge on any atom is -0.383 e. The van der Waals surface area contributed by atoms with E-state index in [2.05, 4.69) is 4.98 Å². The molecule has 2 rings (SSSR count). The van der Waals surface area contributed by atoms with E-state index >= 15 is 0 Å². The summed E-state index contributed by atoms with van der Waals surface area (Å²) in [6, 6.07) is 4.26. The summed E-state index contributed by atoms with van der Waals surface area (Å²) in [5.74, 6) is 0.122. The van der Waals surface area contributed by atoms with Gasteiger partial charge in [0.2, 0.25) is 0 Å². The molecule has 3 nitrogen and oxygen atoms in total. The Kier molecular flexibility index (Phi) is 2.83. The van der Waals surface area contributed by atoms with Crippen molar-refractivity contribution in [1.82, 2.24) is 9.55 Å². The quantitative estimate of drug-likeness (QED) is 0.876. The van der Waals surface area contributed by atoms with Crippen molar-refractivity contribution in [3.8, 4) is 11.3 Å². The second-order valence-corrected chi connectivity index (χ2v) is 3.86. The van der Waals surface area contributed by atoms with Crippen molar-refractivity contribution in [2.75, 3.05) is 5.73 Å². The molecule has 0 fully saturated rings. The molecule has 16 heavy (non-hydrogen) atoms. The van der Waals surface area contributed by atoms with Crippen LogP contribution in [0.1, 0.15) is 6.92 Å². The van der Waals surface area contributed by atoms with Crippen LogP contribution < -0.4 is 5.73 Å². The Morgan fingerprint density at radius 3 is 2.75 bits per heavy atom. The van der Waals surface area contributed by atoms with Gasteiger partial charge < -0.3 is 10.3 Å². The highest BCUT2D eigenvalue weighted by molar-refractivity contribution is 6.30. The van der Waals surface area contributed by atoms with E-state index in [-0.39, 0.29) is 0 Å². The Balaban J connectivity index is 2.54. The molecule has 0 radical (unpaired) electrons. The van der Waals surface area contributed by atoms with Crippen LogP contribution >= 0.6 is 11.6 Å². The summed E-state index contributed by atoms with van der Waals surface area (Å²) in [6.07, 6.45) is 1.63. The third-order valence-electron chi connectivity index (χ3n) is 2.35. The van der Waals surface area contributed by atoms with Gasteiger partial charge in [0.15, 0.2) is 0 Å². The fourth-order valence-electron chi connectivity index (χ4n) is 1.56. The van der Waals surface area contributed by atoms with E-state index in [0.29, 0.717) is 22.1 Å². The Bertz CT molecular complexity index is 502. The van der Waals surface area contributed by atoms with E-state index in [9.17, 15) is 4.39 Å². The zero-order chi connectivity index (χ0) is 11.7. The van der Waals surface area contributed by atoms with Gasteiger partial charge >= 0.3 is 0 Å². The summed E-state index contributed by atoms with van der Waals surface area (Å²) in [6.45, 7) is 2.68. The number of aromatic nitrogens is 2. The van der Waals surface area contributed by atoms with Gasteiger partial charge in [-0.15, -0.1) is 0 Å². The van der Waals surface area contributed by atoms with Gasteiger partial charge in [-0.2, -0.15) is 0 Å². The topological polar surface area (TPSA) is 43.8 Å². The molecule has 1 aromatic heterocycles. The number of anilines is 1. The molecule has 1 aromatic carbocycles. The second-order valence-electron chi connectivity index (χ2n) is 3.42.